The van der Waals surface area contributed by atoms with Gasteiger partial charge in [0.2, 0.25) is 0 Å². The number of hydrogen-bond donors (Lipinski definition) is 1. The van der Waals surface area contributed by atoms with Crippen molar-refractivity contribution in [1.82, 2.24) is 14.9 Å². The van der Waals surface area contributed by atoms with Crippen molar-refractivity contribution in [3.8, 4) is 0 Å². The van der Waals surface area contributed by atoms with Gasteiger partial charge in [-0.15, -0.1) is 0 Å². The van der Waals surface area contributed by atoms with Gasteiger partial charge in [0, 0.05) is 54.5 Å². The van der Waals surface area contributed by atoms with Gasteiger partial charge in [0.25, 0.3) is 0 Å². The average Bonchev–Trinajstić information content (AvgIpc) is 3.05. The first-order valence-electron chi connectivity index (χ1n) is 10.3. The summed E-state index contributed by atoms with van der Waals surface area (Å²) in [6, 6.07) is 17.9. The van der Waals surface area contributed by atoms with Crippen LogP contribution < -0.4 is 5.32 Å². The van der Waals surface area contributed by atoms with Crippen LogP contribution in [0.3, 0.4) is 0 Å². The van der Waals surface area contributed by atoms with Crippen molar-refractivity contribution < 1.29 is 0 Å². The molecule has 0 amide bonds. The fraction of sp³-hybridized carbons (Fsp3) is 0.320. The number of para-hydroxylation sites is 1. The van der Waals surface area contributed by atoms with Gasteiger partial charge in [0.15, 0.2) is 0 Å². The molecule has 1 atom stereocenters. The molecule has 1 N–H and O–H groups in total. The van der Waals surface area contributed by atoms with E-state index in [4.69, 9.17) is 0 Å². The molecule has 3 nitrogen and oxygen atoms in total. The highest BCUT2D eigenvalue weighted by Gasteiger charge is 2.07. The highest BCUT2D eigenvalue weighted by atomic mass is 14.9. The molecule has 0 saturated heterocycles. The highest BCUT2D eigenvalue weighted by molar-refractivity contribution is 5.84. The van der Waals surface area contributed by atoms with Gasteiger partial charge in [-0.1, -0.05) is 36.8 Å². The lowest BCUT2D eigenvalue weighted by Gasteiger charge is -2.14. The summed E-state index contributed by atoms with van der Waals surface area (Å²) in [7, 11) is 2.14. The number of aryl methyl sites for hydroxylation is 2. The Morgan fingerprint density at radius 2 is 1.93 bits per heavy atom. The standard InChI is InChI=1S/C25H29N3/c1-19(27-16-20-11-12-22-17-26-14-13-21(22)15-20)7-3-4-8-23-18-28(2)25-10-6-5-9-24(23)25/h5-6,9-15,17-19,27H,3-4,7-8,16H2,1-2H3/t19-/m1/s1. The van der Waals surface area contributed by atoms with E-state index in [2.05, 4.69) is 83.6 Å². The largest absolute Gasteiger partial charge is 0.350 e. The fourth-order valence-corrected chi connectivity index (χ4v) is 4.03. The lowest BCUT2D eigenvalue weighted by Crippen LogP contribution is -2.25. The Morgan fingerprint density at radius 1 is 1.04 bits per heavy atom. The second kappa shape index (κ2) is 8.57. The summed E-state index contributed by atoms with van der Waals surface area (Å²) in [6.45, 7) is 3.21. The van der Waals surface area contributed by atoms with E-state index < -0.39 is 0 Å². The van der Waals surface area contributed by atoms with Crippen LogP contribution in [0, 0.1) is 0 Å². The predicted octanol–water partition coefficient (Wildman–Crippen LogP) is 5.62. The summed E-state index contributed by atoms with van der Waals surface area (Å²) < 4.78 is 2.24. The maximum absolute atomic E-state index is 4.18. The summed E-state index contributed by atoms with van der Waals surface area (Å²) >= 11 is 0. The molecule has 4 aromatic rings. The Hall–Kier alpha value is -2.65. The zero-order chi connectivity index (χ0) is 19.3. The molecule has 2 aromatic carbocycles. The number of fused-ring (bicyclic) bond motifs is 2. The van der Waals surface area contributed by atoms with Crippen LogP contribution in [-0.4, -0.2) is 15.6 Å². The number of benzene rings is 2. The smallest absolute Gasteiger partial charge is 0.0480 e. The lowest BCUT2D eigenvalue weighted by atomic mass is 10.0. The van der Waals surface area contributed by atoms with Crippen LogP contribution in [-0.2, 0) is 20.0 Å². The van der Waals surface area contributed by atoms with E-state index in [-0.39, 0.29) is 0 Å². The maximum Gasteiger partial charge on any atom is 0.0480 e. The Kier molecular flexibility index (Phi) is 5.73. The molecular formula is C25H29N3. The Balaban J connectivity index is 1.23. The minimum Gasteiger partial charge on any atom is -0.350 e. The van der Waals surface area contributed by atoms with Gasteiger partial charge in [0.05, 0.1) is 0 Å². The summed E-state index contributed by atoms with van der Waals surface area (Å²) in [5.74, 6) is 0. The third-order valence-corrected chi connectivity index (χ3v) is 5.67. The van der Waals surface area contributed by atoms with Gasteiger partial charge in [-0.3, -0.25) is 4.98 Å². The number of hydrogen-bond acceptors (Lipinski definition) is 2. The van der Waals surface area contributed by atoms with Crippen molar-refractivity contribution >= 4 is 21.7 Å². The molecule has 0 unspecified atom stereocenters. The molecule has 0 radical (unpaired) electrons. The van der Waals surface area contributed by atoms with Crippen molar-refractivity contribution in [2.45, 2.75) is 45.2 Å². The van der Waals surface area contributed by atoms with Gasteiger partial charge in [-0.05, 0) is 60.9 Å². The summed E-state index contributed by atoms with van der Waals surface area (Å²) in [6.07, 6.45) is 10.9. The molecule has 0 aliphatic rings. The first-order chi connectivity index (χ1) is 13.7. The number of nitrogens with zero attached hydrogens (tertiary/aromatic N) is 2. The van der Waals surface area contributed by atoms with Crippen molar-refractivity contribution in [3.05, 3.63) is 78.2 Å². The van der Waals surface area contributed by atoms with Crippen LogP contribution in [0.15, 0.2) is 67.1 Å². The Bertz CT molecular complexity index is 1060. The molecule has 3 heteroatoms. The molecule has 2 heterocycles. The van der Waals surface area contributed by atoms with Crippen LogP contribution in [0.5, 0.6) is 0 Å². The van der Waals surface area contributed by atoms with Crippen LogP contribution in [0.4, 0.5) is 0 Å². The van der Waals surface area contributed by atoms with Crippen molar-refractivity contribution in [2.24, 2.45) is 7.05 Å². The maximum atomic E-state index is 4.18. The topological polar surface area (TPSA) is 29.9 Å². The van der Waals surface area contributed by atoms with Crippen LogP contribution >= 0.6 is 0 Å². The number of unbranched alkanes of at least 4 members (excludes halogenated alkanes) is 1. The molecule has 144 valence electrons. The van der Waals surface area contributed by atoms with Crippen LogP contribution in [0.1, 0.15) is 37.3 Å². The molecule has 0 spiro atoms. The predicted molar refractivity (Wildman–Crippen MR) is 119 cm³/mol. The van der Waals surface area contributed by atoms with E-state index in [0.717, 1.165) is 13.0 Å². The van der Waals surface area contributed by atoms with E-state index in [9.17, 15) is 0 Å². The van der Waals surface area contributed by atoms with E-state index in [1.165, 1.54) is 52.1 Å². The normalized spacial score (nSPS) is 12.6. The fourth-order valence-electron chi connectivity index (χ4n) is 4.03. The zero-order valence-electron chi connectivity index (χ0n) is 16.9. The van der Waals surface area contributed by atoms with Crippen LogP contribution in [0.25, 0.3) is 21.7 Å². The molecule has 0 saturated carbocycles. The molecule has 0 aliphatic carbocycles. The summed E-state index contributed by atoms with van der Waals surface area (Å²) in [4.78, 5) is 4.18. The first-order valence-corrected chi connectivity index (χ1v) is 10.3. The van der Waals surface area contributed by atoms with Crippen LogP contribution in [0.2, 0.25) is 0 Å². The Morgan fingerprint density at radius 3 is 2.86 bits per heavy atom. The second-order valence-electron chi connectivity index (χ2n) is 7.87. The second-order valence-corrected chi connectivity index (χ2v) is 7.87. The van der Waals surface area contributed by atoms with Crippen molar-refractivity contribution in [1.29, 1.82) is 0 Å². The quantitative estimate of drug-likeness (QED) is 0.408. The number of pyridine rings is 1. The van der Waals surface area contributed by atoms with Gasteiger partial charge >= 0.3 is 0 Å². The van der Waals surface area contributed by atoms with Crippen molar-refractivity contribution in [2.75, 3.05) is 0 Å². The van der Waals surface area contributed by atoms with Gasteiger partial charge in [-0.25, -0.2) is 0 Å². The molecular weight excluding hydrogens is 342 g/mol. The van der Waals surface area contributed by atoms with E-state index in [0.29, 0.717) is 6.04 Å². The Labute approximate surface area is 167 Å². The summed E-state index contributed by atoms with van der Waals surface area (Å²) in [5.41, 5.74) is 4.14. The minimum atomic E-state index is 0.528. The molecule has 2 aromatic heterocycles. The first kappa shape index (κ1) is 18.7. The van der Waals surface area contributed by atoms with E-state index in [1.807, 2.05) is 12.4 Å². The third-order valence-electron chi connectivity index (χ3n) is 5.67. The number of aromatic nitrogens is 2. The summed E-state index contributed by atoms with van der Waals surface area (Å²) in [5, 5.41) is 7.54. The molecule has 0 bridgehead atoms. The molecule has 4 rings (SSSR count). The SMILES string of the molecule is C[C@H](CCCCc1cn(C)c2ccccc12)NCc1ccc2cnccc2c1. The lowest BCUT2D eigenvalue weighted by molar-refractivity contribution is 0.489. The molecule has 0 fully saturated rings. The van der Waals surface area contributed by atoms with Gasteiger partial charge < -0.3 is 9.88 Å². The van der Waals surface area contributed by atoms with Gasteiger partial charge in [0.1, 0.15) is 0 Å². The van der Waals surface area contributed by atoms with E-state index in [1.54, 1.807) is 0 Å². The zero-order valence-corrected chi connectivity index (χ0v) is 16.9. The van der Waals surface area contributed by atoms with Crippen molar-refractivity contribution in [3.63, 3.8) is 0 Å². The number of rotatable bonds is 8. The monoisotopic (exact) mass is 371 g/mol. The number of nitrogens with one attached hydrogen (secondary N) is 1. The minimum absolute atomic E-state index is 0.528. The molecule has 28 heavy (non-hydrogen) atoms. The highest BCUT2D eigenvalue weighted by Crippen LogP contribution is 2.22. The van der Waals surface area contributed by atoms with E-state index >= 15 is 0 Å². The van der Waals surface area contributed by atoms with Gasteiger partial charge in [-0.2, -0.15) is 0 Å². The molecule has 0 aliphatic heterocycles. The average molecular weight is 372 g/mol. The third kappa shape index (κ3) is 4.26.